The lowest BCUT2D eigenvalue weighted by Gasteiger charge is -2.09. The van der Waals surface area contributed by atoms with E-state index in [9.17, 15) is 31.2 Å². The molecule has 0 saturated heterocycles. The van der Waals surface area contributed by atoms with Crippen molar-refractivity contribution in [2.45, 2.75) is 10.7 Å². The molecule has 0 aromatic heterocycles. The molecule has 0 atom stereocenters. The second-order valence-corrected chi connectivity index (χ2v) is 6.99. The van der Waals surface area contributed by atoms with Crippen molar-refractivity contribution in [2.75, 3.05) is 6.61 Å². The molecule has 2 rings (SSSR count). The molecule has 2 N–H and O–H groups in total. The van der Waals surface area contributed by atoms with Gasteiger partial charge in [0, 0.05) is 5.56 Å². The first-order valence-corrected chi connectivity index (χ1v) is 8.84. The SMILES string of the molecule is O=C(COc1ccc(F)cc1)NNC(=O)c1ccc(S(=O)(=O)C(F)F)cc1. The molecule has 11 heteroatoms. The molecule has 7 nitrogen and oxygen atoms in total. The molecule has 2 amide bonds. The van der Waals surface area contributed by atoms with Crippen LogP contribution in [0.5, 0.6) is 5.75 Å². The lowest BCUT2D eigenvalue weighted by atomic mass is 10.2. The molecule has 0 saturated carbocycles. The first kappa shape index (κ1) is 20.2. The smallest absolute Gasteiger partial charge is 0.341 e. The zero-order chi connectivity index (χ0) is 20.0. The number of benzene rings is 2. The zero-order valence-corrected chi connectivity index (χ0v) is 14.3. The molecule has 0 aliphatic rings. The van der Waals surface area contributed by atoms with Crippen molar-refractivity contribution in [3.05, 3.63) is 59.9 Å². The third-order valence-electron chi connectivity index (χ3n) is 3.18. The number of carbonyl (C=O) groups excluding carboxylic acids is 2. The molecule has 0 radical (unpaired) electrons. The van der Waals surface area contributed by atoms with Crippen LogP contribution in [0.2, 0.25) is 0 Å². The number of alkyl halides is 2. The van der Waals surface area contributed by atoms with Crippen LogP contribution in [-0.2, 0) is 14.6 Å². The lowest BCUT2D eigenvalue weighted by Crippen LogP contribution is -2.43. The monoisotopic (exact) mass is 402 g/mol. The number of nitrogens with one attached hydrogen (secondary N) is 2. The summed E-state index contributed by atoms with van der Waals surface area (Å²) in [6, 6.07) is 8.68. The van der Waals surface area contributed by atoms with E-state index in [1.165, 1.54) is 12.1 Å². The fourth-order valence-electron chi connectivity index (χ4n) is 1.81. The van der Waals surface area contributed by atoms with E-state index in [4.69, 9.17) is 4.74 Å². The van der Waals surface area contributed by atoms with Crippen LogP contribution in [0.3, 0.4) is 0 Å². The van der Waals surface area contributed by atoms with Gasteiger partial charge in [-0.25, -0.2) is 12.8 Å². The number of hydrogen-bond donors (Lipinski definition) is 2. The van der Waals surface area contributed by atoms with Crippen molar-refractivity contribution in [3.8, 4) is 5.75 Å². The Morgan fingerprint density at radius 2 is 1.56 bits per heavy atom. The highest BCUT2D eigenvalue weighted by molar-refractivity contribution is 7.91. The summed E-state index contributed by atoms with van der Waals surface area (Å²) in [7, 11) is -4.76. The summed E-state index contributed by atoms with van der Waals surface area (Å²) in [6.07, 6.45) is 0. The van der Waals surface area contributed by atoms with Gasteiger partial charge in [0.1, 0.15) is 11.6 Å². The number of rotatable bonds is 6. The minimum Gasteiger partial charge on any atom is -0.484 e. The molecule has 0 unspecified atom stereocenters. The summed E-state index contributed by atoms with van der Waals surface area (Å²) < 4.78 is 65.3. The van der Waals surface area contributed by atoms with E-state index < -0.39 is 44.7 Å². The maximum atomic E-state index is 12.7. The molecule has 0 aliphatic carbocycles. The molecule has 0 bridgehead atoms. The fraction of sp³-hybridized carbons (Fsp3) is 0.125. The first-order valence-electron chi connectivity index (χ1n) is 7.30. The minimum absolute atomic E-state index is 0.0667. The van der Waals surface area contributed by atoms with Crippen LogP contribution >= 0.6 is 0 Å². The van der Waals surface area contributed by atoms with Crippen LogP contribution in [0, 0.1) is 5.82 Å². The van der Waals surface area contributed by atoms with Crippen LogP contribution in [0.15, 0.2) is 53.4 Å². The van der Waals surface area contributed by atoms with Gasteiger partial charge in [0.05, 0.1) is 4.90 Å². The van der Waals surface area contributed by atoms with Gasteiger partial charge in [-0.1, -0.05) is 0 Å². The number of carbonyl (C=O) groups is 2. The van der Waals surface area contributed by atoms with Gasteiger partial charge in [-0.15, -0.1) is 0 Å². The minimum atomic E-state index is -4.76. The van der Waals surface area contributed by atoms with Gasteiger partial charge in [0.25, 0.3) is 11.8 Å². The molecule has 27 heavy (non-hydrogen) atoms. The van der Waals surface area contributed by atoms with Crippen LogP contribution in [0.1, 0.15) is 10.4 Å². The Morgan fingerprint density at radius 3 is 2.11 bits per heavy atom. The number of hydrazine groups is 1. The largest absolute Gasteiger partial charge is 0.484 e. The average Bonchev–Trinajstić information content (AvgIpc) is 2.65. The van der Waals surface area contributed by atoms with Gasteiger partial charge < -0.3 is 4.74 Å². The predicted molar refractivity (Wildman–Crippen MR) is 87.1 cm³/mol. The standard InChI is InChI=1S/C16H13F3N2O5S/c17-11-3-5-12(6-4-11)26-9-14(22)20-21-15(23)10-1-7-13(8-2-10)27(24,25)16(18)19/h1-8,16H,9H2,(H,20,22)(H,21,23). The van der Waals surface area contributed by atoms with E-state index >= 15 is 0 Å². The second-order valence-electron chi connectivity index (χ2n) is 5.07. The summed E-state index contributed by atoms with van der Waals surface area (Å²) in [5, 5.41) is 0. The summed E-state index contributed by atoms with van der Waals surface area (Å²) in [5.74, 6) is -5.31. The van der Waals surface area contributed by atoms with Crippen LogP contribution in [-0.4, -0.2) is 32.6 Å². The molecule has 0 aliphatic heterocycles. The van der Waals surface area contributed by atoms with Crippen molar-refractivity contribution < 1.29 is 35.9 Å². The number of sulfone groups is 1. The summed E-state index contributed by atoms with van der Waals surface area (Å²) in [5.41, 5.74) is 4.03. The average molecular weight is 402 g/mol. The Bertz CT molecular complexity index is 916. The van der Waals surface area contributed by atoms with Crippen LogP contribution in [0.25, 0.3) is 0 Å². The second kappa shape index (κ2) is 8.54. The normalized spacial score (nSPS) is 11.1. The molecule has 0 fully saturated rings. The van der Waals surface area contributed by atoms with E-state index in [0.29, 0.717) is 0 Å². The lowest BCUT2D eigenvalue weighted by molar-refractivity contribution is -0.123. The number of hydrogen-bond acceptors (Lipinski definition) is 5. The molecule has 0 heterocycles. The fourth-order valence-corrected chi connectivity index (χ4v) is 2.53. The van der Waals surface area contributed by atoms with Crippen molar-refractivity contribution in [1.82, 2.24) is 10.9 Å². The molecular weight excluding hydrogens is 389 g/mol. The van der Waals surface area contributed by atoms with E-state index in [0.717, 1.165) is 36.4 Å². The van der Waals surface area contributed by atoms with Crippen molar-refractivity contribution >= 4 is 21.7 Å². The van der Waals surface area contributed by atoms with E-state index in [1.54, 1.807) is 0 Å². The summed E-state index contributed by atoms with van der Waals surface area (Å²) >= 11 is 0. The Hall–Kier alpha value is -3.08. The van der Waals surface area contributed by atoms with Gasteiger partial charge in [-0.3, -0.25) is 20.4 Å². The molecule has 2 aromatic carbocycles. The molecule has 2 aromatic rings. The Balaban J connectivity index is 1.86. The van der Waals surface area contributed by atoms with Gasteiger partial charge in [0.15, 0.2) is 6.61 Å². The number of ether oxygens (including phenoxy) is 1. The third-order valence-corrected chi connectivity index (χ3v) is 4.58. The Labute approximate surface area is 152 Å². The van der Waals surface area contributed by atoms with Crippen molar-refractivity contribution in [1.29, 1.82) is 0 Å². The van der Waals surface area contributed by atoms with E-state index in [-0.39, 0.29) is 11.3 Å². The van der Waals surface area contributed by atoms with Crippen molar-refractivity contribution in [2.24, 2.45) is 0 Å². The summed E-state index contributed by atoms with van der Waals surface area (Å²) in [6.45, 7) is -0.461. The van der Waals surface area contributed by atoms with Gasteiger partial charge >= 0.3 is 5.76 Å². The topological polar surface area (TPSA) is 102 Å². The first-order chi connectivity index (χ1) is 12.7. The van der Waals surface area contributed by atoms with Crippen molar-refractivity contribution in [3.63, 3.8) is 0 Å². The predicted octanol–water partition coefficient (Wildman–Crippen LogP) is 1.66. The number of amides is 2. The van der Waals surface area contributed by atoms with E-state index in [1.807, 2.05) is 10.9 Å². The Morgan fingerprint density at radius 1 is 0.963 bits per heavy atom. The van der Waals surface area contributed by atoms with E-state index in [2.05, 4.69) is 0 Å². The zero-order valence-electron chi connectivity index (χ0n) is 13.5. The molecular formula is C16H13F3N2O5S. The van der Waals surface area contributed by atoms with Gasteiger partial charge in [0.2, 0.25) is 9.84 Å². The maximum absolute atomic E-state index is 12.7. The quantitative estimate of drug-likeness (QED) is 0.716. The maximum Gasteiger partial charge on any atom is 0.341 e. The van der Waals surface area contributed by atoms with Crippen LogP contribution < -0.4 is 15.6 Å². The highest BCUT2D eigenvalue weighted by atomic mass is 32.2. The van der Waals surface area contributed by atoms with Gasteiger partial charge in [-0.2, -0.15) is 8.78 Å². The summed E-state index contributed by atoms with van der Waals surface area (Å²) in [4.78, 5) is 22.8. The molecule has 0 spiro atoms. The highest BCUT2D eigenvalue weighted by Gasteiger charge is 2.26. The van der Waals surface area contributed by atoms with Crippen LogP contribution in [0.4, 0.5) is 13.2 Å². The third kappa shape index (κ3) is 5.45. The number of halogens is 3. The van der Waals surface area contributed by atoms with Gasteiger partial charge in [-0.05, 0) is 48.5 Å². The molecule has 144 valence electrons. The Kier molecular flexibility index (Phi) is 6.40. The highest BCUT2D eigenvalue weighted by Crippen LogP contribution is 2.18.